The SMILES string of the molecule is CN(CCNS(=O)(=O)c1ccccc1)CC1CCCC1O. The van der Waals surface area contributed by atoms with E-state index in [9.17, 15) is 13.5 Å². The Hall–Kier alpha value is -0.950. The Bertz CT molecular complexity index is 533. The van der Waals surface area contributed by atoms with Gasteiger partial charge in [-0.1, -0.05) is 24.6 Å². The van der Waals surface area contributed by atoms with Gasteiger partial charge in [-0.15, -0.1) is 0 Å². The van der Waals surface area contributed by atoms with Crippen molar-refractivity contribution < 1.29 is 13.5 Å². The second-order valence-corrected chi connectivity index (χ2v) is 7.50. The summed E-state index contributed by atoms with van der Waals surface area (Å²) in [5, 5.41) is 9.80. The number of hydrogen-bond donors (Lipinski definition) is 2. The summed E-state index contributed by atoms with van der Waals surface area (Å²) in [6, 6.07) is 8.38. The third-order valence-electron chi connectivity index (χ3n) is 4.00. The van der Waals surface area contributed by atoms with E-state index in [0.717, 1.165) is 25.8 Å². The minimum atomic E-state index is -3.42. The molecule has 0 heterocycles. The Morgan fingerprint density at radius 3 is 2.62 bits per heavy atom. The summed E-state index contributed by atoms with van der Waals surface area (Å²) in [6.07, 6.45) is 2.83. The molecule has 0 radical (unpaired) electrons. The topological polar surface area (TPSA) is 69.6 Å². The van der Waals surface area contributed by atoms with Crippen molar-refractivity contribution in [1.29, 1.82) is 0 Å². The summed E-state index contributed by atoms with van der Waals surface area (Å²) in [6.45, 7) is 1.82. The molecule has 2 unspecified atom stereocenters. The van der Waals surface area contributed by atoms with Crippen LogP contribution in [0.15, 0.2) is 35.2 Å². The lowest BCUT2D eigenvalue weighted by atomic mass is 10.1. The number of aliphatic hydroxyl groups excluding tert-OH is 1. The molecule has 0 amide bonds. The Balaban J connectivity index is 1.76. The van der Waals surface area contributed by atoms with Crippen LogP contribution in [-0.2, 0) is 10.0 Å². The predicted molar refractivity (Wildman–Crippen MR) is 82.5 cm³/mol. The maximum absolute atomic E-state index is 12.0. The quantitative estimate of drug-likeness (QED) is 0.790. The van der Waals surface area contributed by atoms with E-state index >= 15 is 0 Å². The van der Waals surface area contributed by atoms with Crippen LogP contribution in [0.2, 0.25) is 0 Å². The van der Waals surface area contributed by atoms with Crippen molar-refractivity contribution in [1.82, 2.24) is 9.62 Å². The molecule has 5 nitrogen and oxygen atoms in total. The van der Waals surface area contributed by atoms with Gasteiger partial charge in [0.1, 0.15) is 0 Å². The van der Waals surface area contributed by atoms with E-state index in [2.05, 4.69) is 9.62 Å². The molecule has 1 aliphatic rings. The maximum atomic E-state index is 12.0. The minimum absolute atomic E-state index is 0.200. The van der Waals surface area contributed by atoms with E-state index in [0.29, 0.717) is 23.9 Å². The zero-order chi connectivity index (χ0) is 15.3. The van der Waals surface area contributed by atoms with E-state index in [4.69, 9.17) is 0 Å². The zero-order valence-electron chi connectivity index (χ0n) is 12.4. The molecule has 2 atom stereocenters. The normalized spacial score (nSPS) is 22.8. The fourth-order valence-corrected chi connectivity index (χ4v) is 3.82. The highest BCUT2D eigenvalue weighted by Gasteiger charge is 2.26. The number of rotatable bonds is 7. The zero-order valence-corrected chi connectivity index (χ0v) is 13.2. The fraction of sp³-hybridized carbons (Fsp3) is 0.600. The molecule has 0 aliphatic heterocycles. The summed E-state index contributed by atoms with van der Waals surface area (Å²) < 4.78 is 26.7. The molecule has 6 heteroatoms. The third-order valence-corrected chi connectivity index (χ3v) is 5.48. The van der Waals surface area contributed by atoms with Gasteiger partial charge in [-0.25, -0.2) is 13.1 Å². The molecule has 1 fully saturated rings. The van der Waals surface area contributed by atoms with E-state index < -0.39 is 10.0 Å². The number of nitrogens with one attached hydrogen (secondary N) is 1. The van der Waals surface area contributed by atoms with Gasteiger partial charge in [0.2, 0.25) is 10.0 Å². The van der Waals surface area contributed by atoms with Crippen LogP contribution in [0.4, 0.5) is 0 Å². The monoisotopic (exact) mass is 312 g/mol. The largest absolute Gasteiger partial charge is 0.393 e. The molecule has 1 aromatic carbocycles. The van der Waals surface area contributed by atoms with E-state index in [1.807, 2.05) is 7.05 Å². The first-order valence-electron chi connectivity index (χ1n) is 7.40. The van der Waals surface area contributed by atoms with Gasteiger partial charge in [0.25, 0.3) is 0 Å². The number of benzene rings is 1. The molecule has 2 N–H and O–H groups in total. The highest BCUT2D eigenvalue weighted by Crippen LogP contribution is 2.25. The Morgan fingerprint density at radius 2 is 2.00 bits per heavy atom. The molecular weight excluding hydrogens is 288 g/mol. The van der Waals surface area contributed by atoms with Crippen molar-refractivity contribution >= 4 is 10.0 Å². The van der Waals surface area contributed by atoms with Gasteiger partial charge in [0, 0.05) is 19.6 Å². The van der Waals surface area contributed by atoms with Crippen LogP contribution in [0.3, 0.4) is 0 Å². The maximum Gasteiger partial charge on any atom is 0.240 e. The van der Waals surface area contributed by atoms with E-state index in [1.165, 1.54) is 0 Å². The lowest BCUT2D eigenvalue weighted by Crippen LogP contribution is -2.36. The Labute approximate surface area is 127 Å². The lowest BCUT2D eigenvalue weighted by Gasteiger charge is -2.23. The van der Waals surface area contributed by atoms with Crippen molar-refractivity contribution in [3.63, 3.8) is 0 Å². The van der Waals surface area contributed by atoms with Gasteiger partial charge >= 0.3 is 0 Å². The standard InChI is InChI=1S/C15H24N2O3S/c1-17(12-13-6-5-9-15(13)18)11-10-16-21(19,20)14-7-3-2-4-8-14/h2-4,7-8,13,15-16,18H,5-6,9-12H2,1H3. The highest BCUT2D eigenvalue weighted by molar-refractivity contribution is 7.89. The minimum Gasteiger partial charge on any atom is -0.393 e. The van der Waals surface area contributed by atoms with Crippen LogP contribution in [0.25, 0.3) is 0 Å². The second kappa shape index (κ2) is 7.35. The van der Waals surface area contributed by atoms with Crippen LogP contribution in [0.1, 0.15) is 19.3 Å². The van der Waals surface area contributed by atoms with Crippen molar-refractivity contribution in [3.8, 4) is 0 Å². The van der Waals surface area contributed by atoms with Crippen molar-refractivity contribution in [3.05, 3.63) is 30.3 Å². The molecule has 0 bridgehead atoms. The van der Waals surface area contributed by atoms with E-state index in [-0.39, 0.29) is 6.10 Å². The van der Waals surface area contributed by atoms with Crippen LogP contribution in [-0.4, -0.2) is 51.2 Å². The molecule has 0 saturated heterocycles. The first-order valence-corrected chi connectivity index (χ1v) is 8.88. The number of hydrogen-bond acceptors (Lipinski definition) is 4. The summed E-state index contributed by atoms with van der Waals surface area (Å²) in [4.78, 5) is 2.37. The van der Waals surface area contributed by atoms with Crippen molar-refractivity contribution in [2.45, 2.75) is 30.3 Å². The average Bonchev–Trinajstić information content (AvgIpc) is 2.85. The number of likely N-dealkylation sites (N-methyl/N-ethyl adjacent to an activating group) is 1. The molecular formula is C15H24N2O3S. The summed E-state index contributed by atoms with van der Waals surface area (Å²) in [5.41, 5.74) is 0. The first-order chi connectivity index (χ1) is 9.99. The van der Waals surface area contributed by atoms with Gasteiger partial charge in [-0.05, 0) is 37.9 Å². The Morgan fingerprint density at radius 1 is 1.29 bits per heavy atom. The molecule has 1 aromatic rings. The number of aliphatic hydroxyl groups is 1. The van der Waals surface area contributed by atoms with Crippen LogP contribution >= 0.6 is 0 Å². The van der Waals surface area contributed by atoms with Gasteiger partial charge < -0.3 is 10.0 Å². The second-order valence-electron chi connectivity index (χ2n) is 5.73. The van der Waals surface area contributed by atoms with Gasteiger partial charge in [-0.2, -0.15) is 0 Å². The molecule has 21 heavy (non-hydrogen) atoms. The molecule has 0 spiro atoms. The van der Waals surface area contributed by atoms with Crippen molar-refractivity contribution in [2.75, 3.05) is 26.7 Å². The molecule has 1 saturated carbocycles. The number of sulfonamides is 1. The predicted octanol–water partition coefficient (Wildman–Crippen LogP) is 1.06. The third kappa shape index (κ3) is 4.78. The van der Waals surface area contributed by atoms with Crippen LogP contribution in [0.5, 0.6) is 0 Å². The summed E-state index contributed by atoms with van der Waals surface area (Å²) in [5.74, 6) is 0.320. The first kappa shape index (κ1) is 16.4. The fourth-order valence-electron chi connectivity index (χ4n) is 2.78. The molecule has 1 aliphatic carbocycles. The van der Waals surface area contributed by atoms with Crippen LogP contribution in [0, 0.1) is 5.92 Å². The van der Waals surface area contributed by atoms with Gasteiger partial charge in [0.05, 0.1) is 11.0 Å². The van der Waals surface area contributed by atoms with Crippen molar-refractivity contribution in [2.24, 2.45) is 5.92 Å². The van der Waals surface area contributed by atoms with Crippen LogP contribution < -0.4 is 4.72 Å². The molecule has 2 rings (SSSR count). The van der Waals surface area contributed by atoms with Gasteiger partial charge in [-0.3, -0.25) is 0 Å². The summed E-state index contributed by atoms with van der Waals surface area (Å²) in [7, 11) is -1.46. The highest BCUT2D eigenvalue weighted by atomic mass is 32.2. The number of nitrogens with zero attached hydrogens (tertiary/aromatic N) is 1. The summed E-state index contributed by atoms with van der Waals surface area (Å²) >= 11 is 0. The lowest BCUT2D eigenvalue weighted by molar-refractivity contribution is 0.110. The molecule has 118 valence electrons. The Kier molecular flexibility index (Phi) is 5.75. The van der Waals surface area contributed by atoms with Gasteiger partial charge in [0.15, 0.2) is 0 Å². The molecule has 0 aromatic heterocycles. The van der Waals surface area contributed by atoms with E-state index in [1.54, 1.807) is 30.3 Å². The average molecular weight is 312 g/mol. The smallest absolute Gasteiger partial charge is 0.240 e.